The van der Waals surface area contributed by atoms with E-state index in [0.29, 0.717) is 28.4 Å². The number of nitrogen functional groups attached to an aromatic ring is 1. The van der Waals surface area contributed by atoms with Crippen LogP contribution >= 0.6 is 22.7 Å². The maximum atomic E-state index is 12.2. The SMILES string of the molecule is Cc1nc(CCNC(=O)c2sc3nnccc3c2N)cs1. The maximum Gasteiger partial charge on any atom is 0.263 e. The average Bonchev–Trinajstić information content (AvgIpc) is 3.03. The predicted octanol–water partition coefficient (Wildman–Crippen LogP) is 2.01. The van der Waals surface area contributed by atoms with E-state index in [0.717, 1.165) is 16.1 Å². The first-order valence-corrected chi connectivity index (χ1v) is 8.03. The molecule has 0 aliphatic rings. The number of rotatable bonds is 4. The third-order valence-electron chi connectivity index (χ3n) is 2.96. The molecule has 0 spiro atoms. The van der Waals surface area contributed by atoms with Crippen molar-refractivity contribution in [3.63, 3.8) is 0 Å². The van der Waals surface area contributed by atoms with Crippen LogP contribution in [0.3, 0.4) is 0 Å². The highest BCUT2D eigenvalue weighted by Gasteiger charge is 2.16. The van der Waals surface area contributed by atoms with Crippen molar-refractivity contribution in [3.8, 4) is 0 Å². The number of aryl methyl sites for hydroxylation is 1. The molecule has 3 aromatic heterocycles. The van der Waals surface area contributed by atoms with Gasteiger partial charge in [-0.1, -0.05) is 0 Å². The summed E-state index contributed by atoms with van der Waals surface area (Å²) in [5.41, 5.74) is 7.46. The lowest BCUT2D eigenvalue weighted by molar-refractivity contribution is 0.0959. The largest absolute Gasteiger partial charge is 0.397 e. The Bertz CT molecular complexity index is 795. The van der Waals surface area contributed by atoms with Crippen LogP contribution < -0.4 is 11.1 Å². The van der Waals surface area contributed by atoms with E-state index in [1.54, 1.807) is 23.6 Å². The van der Waals surface area contributed by atoms with Crippen LogP contribution in [0.25, 0.3) is 10.2 Å². The fraction of sp³-hybridized carbons (Fsp3) is 0.231. The number of fused-ring (bicyclic) bond motifs is 1. The quantitative estimate of drug-likeness (QED) is 0.767. The molecule has 0 aliphatic heterocycles. The fourth-order valence-corrected chi connectivity index (χ4v) is 3.55. The zero-order valence-electron chi connectivity index (χ0n) is 11.3. The molecule has 0 aromatic carbocycles. The molecule has 3 heterocycles. The average molecular weight is 319 g/mol. The summed E-state index contributed by atoms with van der Waals surface area (Å²) < 4.78 is 0. The van der Waals surface area contributed by atoms with Crippen LogP contribution in [0.1, 0.15) is 20.4 Å². The number of hydrogen-bond donors (Lipinski definition) is 2. The zero-order valence-corrected chi connectivity index (χ0v) is 12.9. The van der Waals surface area contributed by atoms with Gasteiger partial charge in [0.05, 0.1) is 22.6 Å². The van der Waals surface area contributed by atoms with Gasteiger partial charge in [-0.3, -0.25) is 4.79 Å². The predicted molar refractivity (Wildman–Crippen MR) is 84.7 cm³/mol. The molecular weight excluding hydrogens is 306 g/mol. The number of nitrogens with two attached hydrogens (primary N) is 1. The van der Waals surface area contributed by atoms with E-state index in [9.17, 15) is 4.79 Å². The first kappa shape index (κ1) is 13.9. The number of thiazole rings is 1. The second-order valence-electron chi connectivity index (χ2n) is 4.46. The molecule has 0 aliphatic carbocycles. The first-order valence-electron chi connectivity index (χ1n) is 6.34. The van der Waals surface area contributed by atoms with Gasteiger partial charge in [0.15, 0.2) is 0 Å². The second-order valence-corrected chi connectivity index (χ2v) is 6.52. The minimum atomic E-state index is -0.178. The standard InChI is InChI=1S/C13H13N5OS2/c1-7-17-8(6-20-7)2-4-15-12(19)11-10(14)9-3-5-16-18-13(9)21-11/h3,5-6H,2,4,14H2,1H3,(H,15,19). The van der Waals surface area contributed by atoms with E-state index in [1.165, 1.54) is 11.3 Å². The number of thiophene rings is 1. The molecule has 3 rings (SSSR count). The zero-order chi connectivity index (χ0) is 14.8. The van der Waals surface area contributed by atoms with Gasteiger partial charge >= 0.3 is 0 Å². The van der Waals surface area contributed by atoms with Crippen LogP contribution in [0.4, 0.5) is 5.69 Å². The van der Waals surface area contributed by atoms with Crippen molar-refractivity contribution in [1.82, 2.24) is 20.5 Å². The molecule has 0 saturated heterocycles. The Morgan fingerprint density at radius 3 is 3.05 bits per heavy atom. The van der Waals surface area contributed by atoms with Gasteiger partial charge in [-0.05, 0) is 13.0 Å². The first-order chi connectivity index (χ1) is 10.1. The van der Waals surface area contributed by atoms with E-state index in [2.05, 4.69) is 20.5 Å². The normalized spacial score (nSPS) is 10.9. The van der Waals surface area contributed by atoms with Crippen molar-refractivity contribution in [1.29, 1.82) is 0 Å². The van der Waals surface area contributed by atoms with Gasteiger partial charge in [0.1, 0.15) is 9.71 Å². The van der Waals surface area contributed by atoms with E-state index in [1.807, 2.05) is 12.3 Å². The van der Waals surface area contributed by atoms with Crippen molar-refractivity contribution in [2.45, 2.75) is 13.3 Å². The Balaban J connectivity index is 1.68. The molecule has 3 N–H and O–H groups in total. The van der Waals surface area contributed by atoms with E-state index < -0.39 is 0 Å². The molecule has 1 amide bonds. The number of nitrogens with one attached hydrogen (secondary N) is 1. The molecular formula is C13H13N5OS2. The third kappa shape index (κ3) is 2.86. The number of nitrogens with zero attached hydrogens (tertiary/aromatic N) is 3. The highest BCUT2D eigenvalue weighted by atomic mass is 32.1. The summed E-state index contributed by atoms with van der Waals surface area (Å²) in [5, 5.41) is 14.4. The number of carbonyl (C=O) groups excluding carboxylic acids is 1. The summed E-state index contributed by atoms with van der Waals surface area (Å²) in [5.74, 6) is -0.178. The number of amides is 1. The van der Waals surface area contributed by atoms with Crippen molar-refractivity contribution in [2.75, 3.05) is 12.3 Å². The second kappa shape index (κ2) is 5.74. The van der Waals surface area contributed by atoms with Crippen molar-refractivity contribution < 1.29 is 4.79 Å². The lowest BCUT2D eigenvalue weighted by Crippen LogP contribution is -2.25. The topological polar surface area (TPSA) is 93.8 Å². The lowest BCUT2D eigenvalue weighted by Gasteiger charge is -2.02. The van der Waals surface area contributed by atoms with E-state index in [4.69, 9.17) is 5.73 Å². The maximum absolute atomic E-state index is 12.2. The van der Waals surface area contributed by atoms with Crippen LogP contribution in [0.5, 0.6) is 0 Å². The highest BCUT2D eigenvalue weighted by molar-refractivity contribution is 7.21. The summed E-state index contributed by atoms with van der Waals surface area (Å²) in [6, 6.07) is 1.77. The Labute approximate surface area is 129 Å². The minimum Gasteiger partial charge on any atom is -0.397 e. The van der Waals surface area contributed by atoms with Crippen LogP contribution in [0.2, 0.25) is 0 Å². The van der Waals surface area contributed by atoms with Crippen LogP contribution in [-0.2, 0) is 6.42 Å². The summed E-state index contributed by atoms with van der Waals surface area (Å²) in [6.07, 6.45) is 2.28. The van der Waals surface area contributed by atoms with Gasteiger partial charge in [-0.25, -0.2) is 4.98 Å². The molecule has 0 radical (unpaired) electrons. The van der Waals surface area contributed by atoms with Gasteiger partial charge in [0.25, 0.3) is 5.91 Å². The van der Waals surface area contributed by atoms with Crippen molar-refractivity contribution in [3.05, 3.63) is 33.2 Å². The van der Waals surface area contributed by atoms with Crippen LogP contribution in [-0.4, -0.2) is 27.6 Å². The number of carbonyl (C=O) groups is 1. The molecule has 6 nitrogen and oxygen atoms in total. The molecule has 108 valence electrons. The summed E-state index contributed by atoms with van der Waals surface area (Å²) >= 11 is 2.87. The van der Waals surface area contributed by atoms with Gasteiger partial charge in [0, 0.05) is 23.7 Å². The molecule has 3 aromatic rings. The third-order valence-corrected chi connectivity index (χ3v) is 4.89. The molecule has 0 saturated carbocycles. The Morgan fingerprint density at radius 1 is 1.48 bits per heavy atom. The van der Waals surface area contributed by atoms with Crippen molar-refractivity contribution in [2.24, 2.45) is 0 Å². The van der Waals surface area contributed by atoms with Gasteiger partial charge in [-0.15, -0.1) is 27.8 Å². The molecule has 8 heteroatoms. The number of aromatic nitrogens is 3. The number of hydrogen-bond acceptors (Lipinski definition) is 7. The molecule has 0 unspecified atom stereocenters. The smallest absolute Gasteiger partial charge is 0.263 e. The minimum absolute atomic E-state index is 0.178. The summed E-state index contributed by atoms with van der Waals surface area (Å²) in [4.78, 5) is 17.7. The molecule has 0 fully saturated rings. The van der Waals surface area contributed by atoms with Crippen molar-refractivity contribution >= 4 is 44.5 Å². The van der Waals surface area contributed by atoms with Crippen LogP contribution in [0, 0.1) is 6.92 Å². The van der Waals surface area contributed by atoms with E-state index in [-0.39, 0.29) is 5.91 Å². The fourth-order valence-electron chi connectivity index (χ4n) is 1.95. The molecule has 0 bridgehead atoms. The monoisotopic (exact) mass is 319 g/mol. The van der Waals surface area contributed by atoms with Gasteiger partial charge < -0.3 is 11.1 Å². The molecule has 21 heavy (non-hydrogen) atoms. The summed E-state index contributed by atoms with van der Waals surface area (Å²) in [7, 11) is 0. The van der Waals surface area contributed by atoms with Gasteiger partial charge in [-0.2, -0.15) is 5.10 Å². The summed E-state index contributed by atoms with van der Waals surface area (Å²) in [6.45, 7) is 2.49. The number of anilines is 1. The van der Waals surface area contributed by atoms with E-state index >= 15 is 0 Å². The van der Waals surface area contributed by atoms with Gasteiger partial charge in [0.2, 0.25) is 0 Å². The molecule has 0 atom stereocenters. The Morgan fingerprint density at radius 2 is 2.33 bits per heavy atom. The van der Waals surface area contributed by atoms with Crippen LogP contribution in [0.15, 0.2) is 17.6 Å². The lowest BCUT2D eigenvalue weighted by atomic mass is 10.2. The highest BCUT2D eigenvalue weighted by Crippen LogP contribution is 2.31. The Kier molecular flexibility index (Phi) is 3.80. The Hall–Kier alpha value is -2.06.